The van der Waals surface area contributed by atoms with E-state index in [-0.39, 0.29) is 0 Å². The van der Waals surface area contributed by atoms with E-state index in [9.17, 15) is 13.2 Å². The molecule has 184 valence electrons. The van der Waals surface area contributed by atoms with Crippen molar-refractivity contribution < 1.29 is 22.6 Å². The molecule has 1 unspecified atom stereocenters. The second kappa shape index (κ2) is 8.77. The first-order valence-corrected chi connectivity index (χ1v) is 11.4. The highest BCUT2D eigenvalue weighted by atomic mass is 19.4. The molecule has 1 aliphatic rings. The Balaban J connectivity index is 1.44. The van der Waals surface area contributed by atoms with Crippen molar-refractivity contribution in [2.24, 2.45) is 0 Å². The summed E-state index contributed by atoms with van der Waals surface area (Å²) in [4.78, 5) is 4.80. The summed E-state index contributed by atoms with van der Waals surface area (Å²) in [6, 6.07) is 22.0. The van der Waals surface area contributed by atoms with Crippen molar-refractivity contribution in [1.29, 1.82) is 0 Å². The molecular formula is C28H19F3N4O2. The van der Waals surface area contributed by atoms with Gasteiger partial charge < -0.3 is 9.47 Å². The van der Waals surface area contributed by atoms with E-state index < -0.39 is 18.0 Å². The molecule has 1 atom stereocenters. The van der Waals surface area contributed by atoms with Crippen LogP contribution in [0.15, 0.2) is 85.1 Å². The smallest absolute Gasteiger partial charge is 0.416 e. The minimum atomic E-state index is -4.42. The van der Waals surface area contributed by atoms with E-state index in [0.717, 1.165) is 34.2 Å². The van der Waals surface area contributed by atoms with Crippen molar-refractivity contribution in [3.63, 3.8) is 0 Å². The Kier molecular flexibility index (Phi) is 5.40. The number of hydrogen-bond acceptors (Lipinski definition) is 5. The highest BCUT2D eigenvalue weighted by Gasteiger charge is 2.31. The Morgan fingerprint density at radius 2 is 1.73 bits per heavy atom. The van der Waals surface area contributed by atoms with Gasteiger partial charge in [0.1, 0.15) is 17.2 Å². The quantitative estimate of drug-likeness (QED) is 0.278. The summed E-state index contributed by atoms with van der Waals surface area (Å²) in [5, 5.41) is 9.57. The lowest BCUT2D eigenvalue weighted by atomic mass is 10.0. The first-order chi connectivity index (χ1) is 17.9. The number of ether oxygens (including phenoxy) is 2. The monoisotopic (exact) mass is 500 g/mol. The van der Waals surface area contributed by atoms with Crippen molar-refractivity contribution in [3.8, 4) is 17.0 Å². The second-order valence-corrected chi connectivity index (χ2v) is 8.53. The van der Waals surface area contributed by atoms with Gasteiger partial charge in [-0.2, -0.15) is 13.2 Å². The van der Waals surface area contributed by atoms with Crippen molar-refractivity contribution in [2.45, 2.75) is 12.4 Å². The summed E-state index contributed by atoms with van der Waals surface area (Å²) in [7, 11) is 1.59. The number of aromatic nitrogens is 4. The highest BCUT2D eigenvalue weighted by molar-refractivity contribution is 5.85. The molecule has 5 aromatic rings. The SMILES string of the molecule is COc1cccc(-c2cn(C3OC(c4ccc(C(F)(F)F)cc4)=Cc4nc5ccccc5cc43)nn2)c1. The number of methoxy groups -OCH3 is 1. The molecule has 0 fully saturated rings. The van der Waals surface area contributed by atoms with E-state index in [1.165, 1.54) is 12.1 Å². The zero-order valence-electron chi connectivity index (χ0n) is 19.5. The van der Waals surface area contributed by atoms with Gasteiger partial charge in [-0.1, -0.05) is 47.7 Å². The van der Waals surface area contributed by atoms with Crippen LogP contribution < -0.4 is 4.74 Å². The number of halogens is 3. The third-order valence-corrected chi connectivity index (χ3v) is 6.17. The molecular weight excluding hydrogens is 481 g/mol. The summed E-state index contributed by atoms with van der Waals surface area (Å²) in [6.07, 6.45) is -1.66. The van der Waals surface area contributed by atoms with Crippen molar-refractivity contribution in [1.82, 2.24) is 20.0 Å². The van der Waals surface area contributed by atoms with Gasteiger partial charge in [0.05, 0.1) is 30.1 Å². The maximum Gasteiger partial charge on any atom is 0.416 e. The largest absolute Gasteiger partial charge is 0.497 e. The molecule has 0 radical (unpaired) electrons. The van der Waals surface area contributed by atoms with Crippen LogP contribution in [-0.4, -0.2) is 27.1 Å². The Hall–Kier alpha value is -4.66. The molecule has 3 aromatic carbocycles. The number of pyridine rings is 1. The fourth-order valence-electron chi connectivity index (χ4n) is 4.28. The van der Waals surface area contributed by atoms with E-state index in [0.29, 0.717) is 28.5 Å². The zero-order chi connectivity index (χ0) is 25.6. The molecule has 2 aromatic heterocycles. The molecule has 0 aliphatic carbocycles. The van der Waals surface area contributed by atoms with E-state index in [1.54, 1.807) is 24.1 Å². The molecule has 0 N–H and O–H groups in total. The summed E-state index contributed by atoms with van der Waals surface area (Å²) in [5.41, 5.74) is 3.39. The summed E-state index contributed by atoms with van der Waals surface area (Å²) < 4.78 is 52.5. The predicted molar refractivity (Wildman–Crippen MR) is 132 cm³/mol. The molecule has 0 bridgehead atoms. The van der Waals surface area contributed by atoms with Crippen LogP contribution in [0.2, 0.25) is 0 Å². The number of alkyl halides is 3. The minimum Gasteiger partial charge on any atom is -0.497 e. The molecule has 9 heteroatoms. The summed E-state index contributed by atoms with van der Waals surface area (Å²) in [5.74, 6) is 1.07. The van der Waals surface area contributed by atoms with Crippen molar-refractivity contribution in [2.75, 3.05) is 7.11 Å². The van der Waals surface area contributed by atoms with Crippen LogP contribution >= 0.6 is 0 Å². The zero-order valence-corrected chi connectivity index (χ0v) is 19.5. The van der Waals surface area contributed by atoms with Gasteiger partial charge in [-0.25, -0.2) is 9.67 Å². The topological polar surface area (TPSA) is 62.1 Å². The molecule has 1 aliphatic heterocycles. The molecule has 3 heterocycles. The lowest BCUT2D eigenvalue weighted by Gasteiger charge is -2.27. The molecule has 0 amide bonds. The van der Waals surface area contributed by atoms with Crippen molar-refractivity contribution in [3.05, 3.63) is 107 Å². The minimum absolute atomic E-state index is 0.382. The molecule has 0 saturated carbocycles. The average molecular weight is 500 g/mol. The Morgan fingerprint density at radius 3 is 2.51 bits per heavy atom. The first kappa shape index (κ1) is 22.8. The van der Waals surface area contributed by atoms with E-state index >= 15 is 0 Å². The number of hydrogen-bond donors (Lipinski definition) is 0. The van der Waals surface area contributed by atoms with Gasteiger partial charge in [0, 0.05) is 28.2 Å². The Bertz CT molecular complexity index is 1640. The molecule has 0 spiro atoms. The number of benzene rings is 3. The second-order valence-electron chi connectivity index (χ2n) is 8.53. The van der Waals surface area contributed by atoms with E-state index in [1.807, 2.05) is 54.6 Å². The highest BCUT2D eigenvalue weighted by Crippen LogP contribution is 2.38. The van der Waals surface area contributed by atoms with Crippen LogP contribution in [0.25, 0.3) is 34.0 Å². The third-order valence-electron chi connectivity index (χ3n) is 6.17. The number of para-hydroxylation sites is 1. The Morgan fingerprint density at radius 1 is 0.919 bits per heavy atom. The molecule has 6 nitrogen and oxygen atoms in total. The number of rotatable bonds is 4. The van der Waals surface area contributed by atoms with Crippen LogP contribution in [0.4, 0.5) is 13.2 Å². The lowest BCUT2D eigenvalue weighted by Crippen LogP contribution is -2.19. The normalized spacial score (nSPS) is 15.1. The van der Waals surface area contributed by atoms with Gasteiger partial charge >= 0.3 is 6.18 Å². The summed E-state index contributed by atoms with van der Waals surface area (Å²) >= 11 is 0. The first-order valence-electron chi connectivity index (χ1n) is 11.4. The van der Waals surface area contributed by atoms with E-state index in [4.69, 9.17) is 14.5 Å². The molecule has 0 saturated heterocycles. The fourth-order valence-corrected chi connectivity index (χ4v) is 4.28. The Labute approximate surface area is 209 Å². The van der Waals surface area contributed by atoms with Crippen LogP contribution in [0.1, 0.15) is 28.6 Å². The van der Waals surface area contributed by atoms with Gasteiger partial charge in [-0.3, -0.25) is 0 Å². The van der Waals surface area contributed by atoms with Gasteiger partial charge in [0.15, 0.2) is 0 Å². The van der Waals surface area contributed by atoms with Crippen LogP contribution in [0.3, 0.4) is 0 Å². The number of fused-ring (bicyclic) bond motifs is 2. The standard InChI is InChI=1S/C28H19F3N4O2/c1-36-21-7-4-6-18(13-21)25-16-35(34-33-25)27-22-14-19-5-2-3-8-23(19)32-24(22)15-26(37-27)17-9-11-20(12-10-17)28(29,30)31/h2-16,27H,1H3. The maximum absolute atomic E-state index is 13.1. The third kappa shape index (κ3) is 4.29. The van der Waals surface area contributed by atoms with Crippen LogP contribution in [0, 0.1) is 0 Å². The molecule has 6 rings (SSSR count). The predicted octanol–water partition coefficient (Wildman–Crippen LogP) is 6.60. The number of nitrogens with zero attached hydrogens (tertiary/aromatic N) is 4. The van der Waals surface area contributed by atoms with E-state index in [2.05, 4.69) is 10.3 Å². The van der Waals surface area contributed by atoms with Crippen molar-refractivity contribution >= 4 is 22.7 Å². The fraction of sp³-hybridized carbons (Fsp3) is 0.107. The lowest BCUT2D eigenvalue weighted by molar-refractivity contribution is -0.137. The average Bonchev–Trinajstić information content (AvgIpc) is 3.41. The summed E-state index contributed by atoms with van der Waals surface area (Å²) in [6.45, 7) is 0. The van der Waals surface area contributed by atoms with Crippen LogP contribution in [0.5, 0.6) is 5.75 Å². The van der Waals surface area contributed by atoms with Gasteiger partial charge in [0.2, 0.25) is 6.23 Å². The van der Waals surface area contributed by atoms with Crippen LogP contribution in [-0.2, 0) is 10.9 Å². The maximum atomic E-state index is 13.1. The van der Waals surface area contributed by atoms with Gasteiger partial charge in [-0.15, -0.1) is 5.10 Å². The van der Waals surface area contributed by atoms with Gasteiger partial charge in [-0.05, 0) is 36.4 Å². The van der Waals surface area contributed by atoms with Gasteiger partial charge in [0.25, 0.3) is 0 Å². The molecule has 37 heavy (non-hydrogen) atoms.